The van der Waals surface area contributed by atoms with E-state index in [1.54, 1.807) is 12.1 Å². The standard InChI is InChI=1S/C22H28FN5/c1-4-24-21(26-16-22(2,3)17-8-7-9-18(23)14-17)25-12-11-19-15-28-13-6-5-10-20(28)27-19/h5-10,13-15H,4,11-12,16H2,1-3H3,(H2,24,25,26). The largest absolute Gasteiger partial charge is 0.357 e. The Kier molecular flexibility index (Phi) is 6.29. The molecule has 0 bridgehead atoms. The molecule has 0 saturated carbocycles. The average molecular weight is 381 g/mol. The van der Waals surface area contributed by atoms with E-state index in [1.165, 1.54) is 6.07 Å². The number of rotatable bonds is 7. The third-order valence-electron chi connectivity index (χ3n) is 4.67. The van der Waals surface area contributed by atoms with Gasteiger partial charge >= 0.3 is 0 Å². The van der Waals surface area contributed by atoms with E-state index in [2.05, 4.69) is 29.5 Å². The minimum atomic E-state index is -0.258. The molecule has 148 valence electrons. The summed E-state index contributed by atoms with van der Waals surface area (Å²) in [6.07, 6.45) is 4.85. The second-order valence-corrected chi connectivity index (χ2v) is 7.46. The summed E-state index contributed by atoms with van der Waals surface area (Å²) in [5.41, 5.74) is 2.67. The third-order valence-corrected chi connectivity index (χ3v) is 4.67. The summed E-state index contributed by atoms with van der Waals surface area (Å²) in [6, 6.07) is 12.7. The van der Waals surface area contributed by atoms with Gasteiger partial charge in [0.2, 0.25) is 0 Å². The van der Waals surface area contributed by atoms with Gasteiger partial charge in [-0.05, 0) is 36.8 Å². The number of halogens is 1. The molecule has 0 aliphatic heterocycles. The molecule has 0 radical (unpaired) electrons. The van der Waals surface area contributed by atoms with Crippen LogP contribution >= 0.6 is 0 Å². The molecule has 0 fully saturated rings. The van der Waals surface area contributed by atoms with Gasteiger partial charge in [0.1, 0.15) is 11.5 Å². The second kappa shape index (κ2) is 8.87. The smallest absolute Gasteiger partial charge is 0.191 e. The molecule has 28 heavy (non-hydrogen) atoms. The Bertz CT molecular complexity index is 912. The lowest BCUT2D eigenvalue weighted by Crippen LogP contribution is -2.39. The zero-order chi connectivity index (χ0) is 20.0. The fourth-order valence-corrected chi connectivity index (χ4v) is 3.04. The topological polar surface area (TPSA) is 53.7 Å². The normalized spacial score (nSPS) is 12.4. The molecular formula is C22H28FN5. The molecule has 2 heterocycles. The Labute approximate surface area is 165 Å². The summed E-state index contributed by atoms with van der Waals surface area (Å²) in [5.74, 6) is 0.544. The number of imidazole rings is 1. The number of pyridine rings is 1. The Balaban J connectivity index is 1.60. The summed E-state index contributed by atoms with van der Waals surface area (Å²) in [5, 5.41) is 6.63. The van der Waals surface area contributed by atoms with Crippen LogP contribution in [0.2, 0.25) is 0 Å². The lowest BCUT2D eigenvalue weighted by Gasteiger charge is -2.24. The van der Waals surface area contributed by atoms with Crippen LogP contribution in [0.15, 0.2) is 59.9 Å². The van der Waals surface area contributed by atoms with Gasteiger partial charge < -0.3 is 15.0 Å². The zero-order valence-electron chi connectivity index (χ0n) is 16.7. The molecule has 0 saturated heterocycles. The number of nitrogens with zero attached hydrogens (tertiary/aromatic N) is 3. The van der Waals surface area contributed by atoms with Crippen LogP contribution in [0.4, 0.5) is 4.39 Å². The molecule has 0 unspecified atom stereocenters. The zero-order valence-corrected chi connectivity index (χ0v) is 16.7. The molecule has 6 heteroatoms. The van der Waals surface area contributed by atoms with Crippen molar-refractivity contribution in [3.8, 4) is 0 Å². The van der Waals surface area contributed by atoms with E-state index in [1.807, 2.05) is 48.0 Å². The summed E-state index contributed by atoms with van der Waals surface area (Å²) < 4.78 is 15.6. The lowest BCUT2D eigenvalue weighted by atomic mass is 9.85. The first-order valence-electron chi connectivity index (χ1n) is 9.69. The van der Waals surface area contributed by atoms with Crippen LogP contribution in [0.1, 0.15) is 32.0 Å². The van der Waals surface area contributed by atoms with Crippen molar-refractivity contribution in [3.05, 3.63) is 71.9 Å². The van der Waals surface area contributed by atoms with Crippen molar-refractivity contribution < 1.29 is 4.39 Å². The van der Waals surface area contributed by atoms with E-state index in [9.17, 15) is 4.39 Å². The van der Waals surface area contributed by atoms with Crippen LogP contribution in [-0.2, 0) is 11.8 Å². The fraction of sp³-hybridized carbons (Fsp3) is 0.364. The fourth-order valence-electron chi connectivity index (χ4n) is 3.04. The summed E-state index contributed by atoms with van der Waals surface area (Å²) >= 11 is 0. The molecule has 3 aromatic rings. The third kappa shape index (κ3) is 5.09. The summed E-state index contributed by atoms with van der Waals surface area (Å²) in [7, 11) is 0. The van der Waals surface area contributed by atoms with Crippen molar-refractivity contribution in [2.24, 2.45) is 4.99 Å². The Hall–Kier alpha value is -2.89. The number of aliphatic imine (C=N–C) groups is 1. The highest BCUT2D eigenvalue weighted by Crippen LogP contribution is 2.24. The number of hydrogen-bond donors (Lipinski definition) is 2. The summed E-state index contributed by atoms with van der Waals surface area (Å²) in [6.45, 7) is 8.25. The van der Waals surface area contributed by atoms with Gasteiger partial charge in [-0.2, -0.15) is 0 Å². The molecule has 3 rings (SSSR count). The Morgan fingerprint density at radius 1 is 1.18 bits per heavy atom. The molecule has 2 aromatic heterocycles. The van der Waals surface area contributed by atoms with Crippen LogP contribution in [0.3, 0.4) is 0 Å². The van der Waals surface area contributed by atoms with Gasteiger partial charge in [-0.15, -0.1) is 0 Å². The minimum absolute atomic E-state index is 0.216. The number of benzene rings is 1. The summed E-state index contributed by atoms with van der Waals surface area (Å²) in [4.78, 5) is 9.33. The SMILES string of the molecule is CCNC(=NCC(C)(C)c1cccc(F)c1)NCCc1cn2ccccc2n1. The maximum absolute atomic E-state index is 13.6. The molecule has 1 aromatic carbocycles. The molecular weight excluding hydrogens is 353 g/mol. The van der Waals surface area contributed by atoms with Crippen molar-refractivity contribution in [2.75, 3.05) is 19.6 Å². The number of fused-ring (bicyclic) bond motifs is 1. The molecule has 0 aliphatic rings. The van der Waals surface area contributed by atoms with Crippen LogP contribution in [-0.4, -0.2) is 35.0 Å². The maximum atomic E-state index is 13.6. The van der Waals surface area contributed by atoms with Crippen molar-refractivity contribution in [1.82, 2.24) is 20.0 Å². The lowest BCUT2D eigenvalue weighted by molar-refractivity contribution is 0.529. The molecule has 0 aliphatic carbocycles. The Morgan fingerprint density at radius 2 is 2.04 bits per heavy atom. The van der Waals surface area contributed by atoms with E-state index in [4.69, 9.17) is 4.99 Å². The van der Waals surface area contributed by atoms with Crippen molar-refractivity contribution in [1.29, 1.82) is 0 Å². The van der Waals surface area contributed by atoms with E-state index in [0.29, 0.717) is 6.54 Å². The first kappa shape index (κ1) is 19.9. The van der Waals surface area contributed by atoms with E-state index >= 15 is 0 Å². The molecule has 0 amide bonds. The predicted octanol–water partition coefficient (Wildman–Crippen LogP) is 3.55. The van der Waals surface area contributed by atoms with Gasteiger partial charge in [0.05, 0.1) is 12.2 Å². The second-order valence-electron chi connectivity index (χ2n) is 7.46. The van der Waals surface area contributed by atoms with Gasteiger partial charge in [0.25, 0.3) is 0 Å². The van der Waals surface area contributed by atoms with Crippen molar-refractivity contribution in [2.45, 2.75) is 32.6 Å². The molecule has 2 N–H and O–H groups in total. The number of aromatic nitrogens is 2. The van der Waals surface area contributed by atoms with Crippen LogP contribution in [0.5, 0.6) is 0 Å². The highest BCUT2D eigenvalue weighted by molar-refractivity contribution is 5.79. The van der Waals surface area contributed by atoms with Crippen molar-refractivity contribution >= 4 is 11.6 Å². The van der Waals surface area contributed by atoms with Crippen LogP contribution in [0.25, 0.3) is 5.65 Å². The van der Waals surface area contributed by atoms with Crippen LogP contribution in [0, 0.1) is 5.82 Å². The van der Waals surface area contributed by atoms with Crippen LogP contribution < -0.4 is 10.6 Å². The van der Waals surface area contributed by atoms with E-state index in [-0.39, 0.29) is 11.2 Å². The quantitative estimate of drug-likeness (QED) is 0.486. The van der Waals surface area contributed by atoms with Gasteiger partial charge in [-0.3, -0.25) is 4.99 Å². The van der Waals surface area contributed by atoms with E-state index < -0.39 is 0 Å². The molecule has 0 spiro atoms. The highest BCUT2D eigenvalue weighted by atomic mass is 19.1. The number of hydrogen-bond acceptors (Lipinski definition) is 2. The van der Waals surface area contributed by atoms with Gasteiger partial charge in [-0.25, -0.2) is 9.37 Å². The first-order chi connectivity index (χ1) is 13.5. The highest BCUT2D eigenvalue weighted by Gasteiger charge is 2.21. The minimum Gasteiger partial charge on any atom is -0.357 e. The van der Waals surface area contributed by atoms with Crippen molar-refractivity contribution in [3.63, 3.8) is 0 Å². The predicted molar refractivity (Wildman–Crippen MR) is 112 cm³/mol. The maximum Gasteiger partial charge on any atom is 0.191 e. The first-order valence-corrected chi connectivity index (χ1v) is 9.69. The van der Waals surface area contributed by atoms with Gasteiger partial charge in [0.15, 0.2) is 5.96 Å². The number of nitrogens with one attached hydrogen (secondary N) is 2. The van der Waals surface area contributed by atoms with Gasteiger partial charge in [0, 0.05) is 37.3 Å². The Morgan fingerprint density at radius 3 is 2.79 bits per heavy atom. The molecule has 5 nitrogen and oxygen atoms in total. The van der Waals surface area contributed by atoms with E-state index in [0.717, 1.165) is 42.4 Å². The average Bonchev–Trinajstić information content (AvgIpc) is 3.09. The molecule has 0 atom stereocenters. The monoisotopic (exact) mass is 381 g/mol. The van der Waals surface area contributed by atoms with Gasteiger partial charge in [-0.1, -0.05) is 32.0 Å². The number of guanidine groups is 1.